The summed E-state index contributed by atoms with van der Waals surface area (Å²) in [6, 6.07) is 8.99. The molecule has 21 heavy (non-hydrogen) atoms. The predicted molar refractivity (Wildman–Crippen MR) is 76.2 cm³/mol. The van der Waals surface area contributed by atoms with Crippen molar-refractivity contribution in [3.8, 4) is 0 Å². The first-order valence-electron chi connectivity index (χ1n) is 6.85. The van der Waals surface area contributed by atoms with Crippen LogP contribution in [0.25, 0.3) is 10.9 Å². The van der Waals surface area contributed by atoms with Gasteiger partial charge in [0.25, 0.3) is 0 Å². The molecule has 2 heterocycles. The van der Waals surface area contributed by atoms with Crippen LogP contribution in [0.2, 0.25) is 0 Å². The smallest absolute Gasteiger partial charge is 0.357 e. The third-order valence-corrected chi connectivity index (χ3v) is 3.67. The standard InChI is InChI=1S/C14H13N5O2/c20-13-7-9(15-12-4-2-1-3-11(12)13)8-18-14(21)19(17-16-18)10-5-6-10/h1-4,7,10H,5-6,8H2,(H,15,20). The van der Waals surface area contributed by atoms with E-state index in [9.17, 15) is 9.59 Å². The highest BCUT2D eigenvalue weighted by Gasteiger charge is 2.27. The lowest BCUT2D eigenvalue weighted by molar-refractivity contribution is 0.593. The molecule has 1 aliphatic carbocycles. The number of para-hydroxylation sites is 1. The van der Waals surface area contributed by atoms with Gasteiger partial charge in [0.1, 0.15) is 0 Å². The molecule has 0 aliphatic heterocycles. The maximum Gasteiger partial charge on any atom is 0.364 e. The molecule has 0 bridgehead atoms. The largest absolute Gasteiger partial charge is 0.364 e. The molecule has 1 N–H and O–H groups in total. The molecule has 0 atom stereocenters. The number of rotatable bonds is 3. The summed E-state index contributed by atoms with van der Waals surface area (Å²) in [5.74, 6) is 0. The minimum Gasteiger partial charge on any atom is -0.357 e. The second-order valence-electron chi connectivity index (χ2n) is 5.30. The first-order chi connectivity index (χ1) is 10.2. The van der Waals surface area contributed by atoms with Crippen LogP contribution in [0.15, 0.2) is 39.9 Å². The molecular formula is C14H13N5O2. The number of H-pyrrole nitrogens is 1. The van der Waals surface area contributed by atoms with E-state index < -0.39 is 0 Å². The third-order valence-electron chi connectivity index (χ3n) is 3.67. The Labute approximate surface area is 118 Å². The average Bonchev–Trinajstić information content (AvgIpc) is 3.25. The third kappa shape index (κ3) is 2.06. The lowest BCUT2D eigenvalue weighted by Crippen LogP contribution is -2.26. The first-order valence-corrected chi connectivity index (χ1v) is 6.85. The molecule has 0 saturated heterocycles. The Morgan fingerprint density at radius 3 is 2.81 bits per heavy atom. The number of hydrogen-bond acceptors (Lipinski definition) is 4. The van der Waals surface area contributed by atoms with E-state index in [1.54, 1.807) is 6.07 Å². The molecule has 106 valence electrons. The number of tetrazole rings is 1. The van der Waals surface area contributed by atoms with Gasteiger partial charge in [0.2, 0.25) is 0 Å². The number of hydrogen-bond donors (Lipinski definition) is 1. The molecule has 7 nitrogen and oxygen atoms in total. The van der Waals surface area contributed by atoms with Crippen LogP contribution in [0.4, 0.5) is 0 Å². The molecule has 1 aliphatic rings. The van der Waals surface area contributed by atoms with Crippen LogP contribution in [0.5, 0.6) is 0 Å². The highest BCUT2D eigenvalue weighted by atomic mass is 16.2. The fourth-order valence-corrected chi connectivity index (χ4v) is 2.43. The van der Waals surface area contributed by atoms with E-state index in [2.05, 4.69) is 15.4 Å². The molecule has 3 aromatic rings. The average molecular weight is 283 g/mol. The SMILES string of the molecule is O=c1cc(Cn2nnn(C3CC3)c2=O)[nH]c2ccccc12. The minimum absolute atomic E-state index is 0.0676. The van der Waals surface area contributed by atoms with Gasteiger partial charge >= 0.3 is 5.69 Å². The van der Waals surface area contributed by atoms with Gasteiger partial charge in [-0.2, -0.15) is 9.36 Å². The number of aromatic nitrogens is 5. The van der Waals surface area contributed by atoms with Gasteiger partial charge in [0.15, 0.2) is 5.43 Å². The van der Waals surface area contributed by atoms with Crippen molar-refractivity contribution >= 4 is 10.9 Å². The van der Waals surface area contributed by atoms with Crippen molar-refractivity contribution in [3.05, 3.63) is 56.7 Å². The summed E-state index contributed by atoms with van der Waals surface area (Å²) in [4.78, 5) is 27.3. The van der Waals surface area contributed by atoms with Crippen LogP contribution in [-0.4, -0.2) is 24.8 Å². The van der Waals surface area contributed by atoms with Crippen molar-refractivity contribution in [3.63, 3.8) is 0 Å². The Kier molecular flexibility index (Phi) is 2.53. The van der Waals surface area contributed by atoms with Crippen molar-refractivity contribution in [1.82, 2.24) is 24.8 Å². The molecular weight excluding hydrogens is 270 g/mol. The zero-order chi connectivity index (χ0) is 14.4. The normalized spacial score (nSPS) is 14.7. The van der Waals surface area contributed by atoms with Crippen LogP contribution in [0, 0.1) is 0 Å². The number of nitrogens with zero attached hydrogens (tertiary/aromatic N) is 4. The Morgan fingerprint density at radius 2 is 2.00 bits per heavy atom. The molecule has 0 radical (unpaired) electrons. The minimum atomic E-state index is -0.230. The van der Waals surface area contributed by atoms with E-state index in [0.717, 1.165) is 18.4 Å². The summed E-state index contributed by atoms with van der Waals surface area (Å²) in [6.07, 6.45) is 1.96. The number of pyridine rings is 1. The molecule has 0 unspecified atom stereocenters. The lowest BCUT2D eigenvalue weighted by atomic mass is 10.2. The molecule has 7 heteroatoms. The maximum atomic E-state index is 12.1. The Morgan fingerprint density at radius 1 is 1.19 bits per heavy atom. The van der Waals surface area contributed by atoms with Gasteiger partial charge < -0.3 is 4.98 Å². The van der Waals surface area contributed by atoms with E-state index in [1.165, 1.54) is 15.4 Å². The quantitative estimate of drug-likeness (QED) is 0.765. The fourth-order valence-electron chi connectivity index (χ4n) is 2.43. The Hall–Kier alpha value is -2.70. The topological polar surface area (TPSA) is 85.6 Å². The zero-order valence-corrected chi connectivity index (χ0v) is 11.2. The predicted octanol–water partition coefficient (Wildman–Crippen LogP) is 0.664. The fraction of sp³-hybridized carbons (Fsp3) is 0.286. The summed E-state index contributed by atoms with van der Waals surface area (Å²) < 4.78 is 2.69. The van der Waals surface area contributed by atoms with Crippen LogP contribution in [0.3, 0.4) is 0 Å². The van der Waals surface area contributed by atoms with Crippen molar-refractivity contribution in [2.75, 3.05) is 0 Å². The van der Waals surface area contributed by atoms with E-state index in [4.69, 9.17) is 0 Å². The highest BCUT2D eigenvalue weighted by molar-refractivity contribution is 5.78. The number of benzene rings is 1. The number of fused-ring (bicyclic) bond motifs is 1. The van der Waals surface area contributed by atoms with Crippen LogP contribution in [-0.2, 0) is 6.54 Å². The molecule has 0 spiro atoms. The van der Waals surface area contributed by atoms with Crippen LogP contribution >= 0.6 is 0 Å². The second kappa shape index (κ2) is 4.41. The van der Waals surface area contributed by atoms with Gasteiger partial charge in [0, 0.05) is 22.7 Å². The molecule has 0 amide bonds. The van der Waals surface area contributed by atoms with Gasteiger partial charge in [-0.1, -0.05) is 12.1 Å². The summed E-state index contributed by atoms with van der Waals surface area (Å²) >= 11 is 0. The molecule has 1 fully saturated rings. The number of nitrogens with one attached hydrogen (secondary N) is 1. The van der Waals surface area contributed by atoms with Gasteiger partial charge in [0.05, 0.1) is 12.6 Å². The van der Waals surface area contributed by atoms with Gasteiger partial charge in [-0.05, 0) is 35.4 Å². The zero-order valence-electron chi connectivity index (χ0n) is 11.2. The maximum absolute atomic E-state index is 12.1. The monoisotopic (exact) mass is 283 g/mol. The number of aromatic amines is 1. The van der Waals surface area contributed by atoms with Crippen molar-refractivity contribution < 1.29 is 0 Å². The van der Waals surface area contributed by atoms with Gasteiger partial charge in [-0.25, -0.2) is 4.79 Å². The lowest BCUT2D eigenvalue weighted by Gasteiger charge is -2.03. The van der Waals surface area contributed by atoms with E-state index in [-0.39, 0.29) is 23.7 Å². The summed E-state index contributed by atoms with van der Waals surface area (Å²) in [5, 5.41) is 8.40. The van der Waals surface area contributed by atoms with Crippen molar-refractivity contribution in [1.29, 1.82) is 0 Å². The molecule has 1 saturated carbocycles. The molecule has 4 rings (SSSR count). The molecule has 2 aromatic heterocycles. The van der Waals surface area contributed by atoms with Gasteiger partial charge in [-0.15, -0.1) is 0 Å². The second-order valence-corrected chi connectivity index (χ2v) is 5.30. The van der Waals surface area contributed by atoms with Crippen LogP contribution < -0.4 is 11.1 Å². The Balaban J connectivity index is 1.74. The van der Waals surface area contributed by atoms with Crippen LogP contribution in [0.1, 0.15) is 24.6 Å². The van der Waals surface area contributed by atoms with E-state index >= 15 is 0 Å². The summed E-state index contributed by atoms with van der Waals surface area (Å²) in [5.41, 5.74) is 1.10. The van der Waals surface area contributed by atoms with Gasteiger partial charge in [-0.3, -0.25) is 4.79 Å². The summed E-state index contributed by atoms with van der Waals surface area (Å²) in [7, 11) is 0. The molecule has 1 aromatic carbocycles. The summed E-state index contributed by atoms with van der Waals surface area (Å²) in [6.45, 7) is 0.214. The van der Waals surface area contributed by atoms with Crippen molar-refractivity contribution in [2.24, 2.45) is 0 Å². The van der Waals surface area contributed by atoms with Crippen molar-refractivity contribution in [2.45, 2.75) is 25.4 Å². The van der Waals surface area contributed by atoms with E-state index in [0.29, 0.717) is 11.1 Å². The Bertz CT molecular complexity index is 932. The highest BCUT2D eigenvalue weighted by Crippen LogP contribution is 2.32. The first kappa shape index (κ1) is 12.1. The van der Waals surface area contributed by atoms with E-state index in [1.807, 2.05) is 18.2 Å².